The first-order valence-corrected chi connectivity index (χ1v) is 7.21. The van der Waals surface area contributed by atoms with Crippen molar-refractivity contribution in [2.45, 2.75) is 19.4 Å². The molecule has 108 valence electrons. The molecule has 1 aliphatic heterocycles. The number of carbonyl (C=O) groups is 1. The molecule has 0 radical (unpaired) electrons. The summed E-state index contributed by atoms with van der Waals surface area (Å²) in [6.07, 6.45) is 7.51. The van der Waals surface area contributed by atoms with E-state index in [4.69, 9.17) is 0 Å². The fourth-order valence-corrected chi connectivity index (χ4v) is 2.53. The van der Waals surface area contributed by atoms with Crippen LogP contribution in [0.25, 0.3) is 0 Å². The maximum atomic E-state index is 12.4. The predicted molar refractivity (Wildman–Crippen MR) is 81.1 cm³/mol. The molecule has 5 heteroatoms. The van der Waals surface area contributed by atoms with Crippen molar-refractivity contribution in [2.75, 3.05) is 18.0 Å². The van der Waals surface area contributed by atoms with E-state index < -0.39 is 0 Å². The summed E-state index contributed by atoms with van der Waals surface area (Å²) < 4.78 is 0. The minimum absolute atomic E-state index is 0.0817. The number of rotatable bonds is 4. The molecule has 1 fully saturated rings. The summed E-state index contributed by atoms with van der Waals surface area (Å²) in [6.45, 7) is 2.44. The molecule has 1 aliphatic rings. The smallest absolute Gasteiger partial charge is 0.255 e. The van der Waals surface area contributed by atoms with Crippen LogP contribution in [0.5, 0.6) is 0 Å². The van der Waals surface area contributed by atoms with Crippen molar-refractivity contribution >= 4 is 11.7 Å². The first-order chi connectivity index (χ1) is 10.3. The lowest BCUT2D eigenvalue weighted by Gasteiger charge is -2.19. The Bertz CT molecular complexity index is 609. The van der Waals surface area contributed by atoms with Gasteiger partial charge in [-0.15, -0.1) is 0 Å². The minimum atomic E-state index is -0.0817. The van der Waals surface area contributed by atoms with Gasteiger partial charge in [-0.05, 0) is 42.7 Å². The summed E-state index contributed by atoms with van der Waals surface area (Å²) in [5, 5.41) is 2.95. The second-order valence-corrected chi connectivity index (χ2v) is 5.11. The third-order valence-electron chi connectivity index (χ3n) is 3.64. The van der Waals surface area contributed by atoms with Crippen LogP contribution in [0.2, 0.25) is 0 Å². The van der Waals surface area contributed by atoms with Crippen LogP contribution in [-0.2, 0) is 6.54 Å². The zero-order valence-corrected chi connectivity index (χ0v) is 11.8. The third-order valence-corrected chi connectivity index (χ3v) is 3.64. The van der Waals surface area contributed by atoms with Crippen LogP contribution in [0.15, 0.2) is 42.9 Å². The fourth-order valence-electron chi connectivity index (χ4n) is 2.53. The number of nitrogens with one attached hydrogen (secondary N) is 1. The van der Waals surface area contributed by atoms with E-state index in [0.29, 0.717) is 12.1 Å². The second kappa shape index (κ2) is 6.35. The van der Waals surface area contributed by atoms with Gasteiger partial charge in [0.15, 0.2) is 0 Å². The lowest BCUT2D eigenvalue weighted by atomic mass is 10.2. The van der Waals surface area contributed by atoms with E-state index in [1.165, 1.54) is 0 Å². The molecule has 2 aromatic heterocycles. The maximum Gasteiger partial charge on any atom is 0.255 e. The molecular weight excluding hydrogens is 264 g/mol. The van der Waals surface area contributed by atoms with E-state index >= 15 is 0 Å². The largest absolute Gasteiger partial charge is 0.356 e. The Morgan fingerprint density at radius 2 is 1.90 bits per heavy atom. The van der Waals surface area contributed by atoms with Crippen molar-refractivity contribution in [1.29, 1.82) is 0 Å². The molecule has 3 rings (SSSR count). The van der Waals surface area contributed by atoms with Gasteiger partial charge in [0.25, 0.3) is 5.91 Å². The van der Waals surface area contributed by atoms with Crippen molar-refractivity contribution in [3.05, 3.63) is 54.0 Å². The van der Waals surface area contributed by atoms with E-state index in [2.05, 4.69) is 20.2 Å². The third kappa shape index (κ3) is 3.18. The first-order valence-electron chi connectivity index (χ1n) is 7.21. The number of hydrogen-bond donors (Lipinski definition) is 1. The Morgan fingerprint density at radius 3 is 2.67 bits per heavy atom. The summed E-state index contributed by atoms with van der Waals surface area (Å²) in [5.74, 6) is 0.712. The van der Waals surface area contributed by atoms with Gasteiger partial charge in [-0.1, -0.05) is 0 Å². The van der Waals surface area contributed by atoms with Crippen molar-refractivity contribution in [2.24, 2.45) is 0 Å². The average Bonchev–Trinajstić information content (AvgIpc) is 3.08. The molecule has 0 saturated carbocycles. The van der Waals surface area contributed by atoms with Crippen molar-refractivity contribution < 1.29 is 4.79 Å². The number of carbonyl (C=O) groups excluding carboxylic acids is 1. The van der Waals surface area contributed by atoms with Gasteiger partial charge in [-0.3, -0.25) is 9.78 Å². The van der Waals surface area contributed by atoms with Crippen molar-refractivity contribution in [1.82, 2.24) is 15.3 Å². The van der Waals surface area contributed by atoms with Crippen LogP contribution in [0, 0.1) is 0 Å². The van der Waals surface area contributed by atoms with E-state index in [1.807, 2.05) is 18.2 Å². The molecule has 0 bridgehead atoms. The van der Waals surface area contributed by atoms with Crippen molar-refractivity contribution in [3.63, 3.8) is 0 Å². The number of pyridine rings is 2. The van der Waals surface area contributed by atoms with E-state index in [-0.39, 0.29) is 5.91 Å². The van der Waals surface area contributed by atoms with Crippen LogP contribution < -0.4 is 10.2 Å². The topological polar surface area (TPSA) is 58.1 Å². The highest BCUT2D eigenvalue weighted by molar-refractivity contribution is 5.98. The summed E-state index contributed by atoms with van der Waals surface area (Å²) in [6, 6.07) is 7.43. The summed E-state index contributed by atoms with van der Waals surface area (Å²) in [4.78, 5) is 22.9. The lowest BCUT2D eigenvalue weighted by Crippen LogP contribution is -2.27. The van der Waals surface area contributed by atoms with Crippen LogP contribution in [0.4, 0.5) is 5.82 Å². The lowest BCUT2D eigenvalue weighted by molar-refractivity contribution is 0.0951. The second-order valence-electron chi connectivity index (χ2n) is 5.11. The van der Waals surface area contributed by atoms with Gasteiger partial charge >= 0.3 is 0 Å². The van der Waals surface area contributed by atoms with Crippen LogP contribution in [0.1, 0.15) is 28.8 Å². The normalized spacial score (nSPS) is 14.2. The molecule has 1 amide bonds. The fraction of sp³-hybridized carbons (Fsp3) is 0.312. The minimum Gasteiger partial charge on any atom is -0.356 e. The number of amides is 1. The summed E-state index contributed by atoms with van der Waals surface area (Å²) in [5.41, 5.74) is 1.68. The van der Waals surface area contributed by atoms with Crippen molar-refractivity contribution in [3.8, 4) is 0 Å². The highest BCUT2D eigenvalue weighted by Crippen LogP contribution is 2.21. The molecular formula is C16H18N4O. The molecule has 0 atom stereocenters. The van der Waals surface area contributed by atoms with Gasteiger partial charge in [0.05, 0.1) is 5.56 Å². The van der Waals surface area contributed by atoms with Gasteiger partial charge in [-0.2, -0.15) is 0 Å². The molecule has 3 heterocycles. The van der Waals surface area contributed by atoms with Gasteiger partial charge in [0, 0.05) is 38.2 Å². The van der Waals surface area contributed by atoms with Crippen LogP contribution in [-0.4, -0.2) is 29.0 Å². The molecule has 0 aliphatic carbocycles. The number of hydrogen-bond acceptors (Lipinski definition) is 4. The molecule has 1 saturated heterocycles. The highest BCUT2D eigenvalue weighted by atomic mass is 16.1. The standard InChI is InChI=1S/C16H18N4O/c21-16(19-12-13-5-8-17-9-6-13)14-4-3-7-18-15(14)20-10-1-2-11-20/h3-9H,1-2,10-12H2,(H,19,21). The Hall–Kier alpha value is -2.43. The Labute approximate surface area is 124 Å². The number of anilines is 1. The monoisotopic (exact) mass is 282 g/mol. The van der Waals surface area contributed by atoms with E-state index in [0.717, 1.165) is 37.3 Å². The van der Waals surface area contributed by atoms with Crippen LogP contribution >= 0.6 is 0 Å². The quantitative estimate of drug-likeness (QED) is 0.932. The molecule has 2 aromatic rings. The summed E-state index contributed by atoms with van der Waals surface area (Å²) >= 11 is 0. The zero-order valence-electron chi connectivity index (χ0n) is 11.8. The Kier molecular flexibility index (Phi) is 4.09. The molecule has 21 heavy (non-hydrogen) atoms. The molecule has 0 aromatic carbocycles. The molecule has 5 nitrogen and oxygen atoms in total. The molecule has 0 spiro atoms. The van der Waals surface area contributed by atoms with E-state index in [1.54, 1.807) is 24.7 Å². The van der Waals surface area contributed by atoms with Gasteiger partial charge in [0.1, 0.15) is 5.82 Å². The Morgan fingerprint density at radius 1 is 1.14 bits per heavy atom. The zero-order chi connectivity index (χ0) is 14.5. The average molecular weight is 282 g/mol. The number of aromatic nitrogens is 2. The first kappa shape index (κ1) is 13.5. The number of nitrogens with zero attached hydrogens (tertiary/aromatic N) is 3. The molecule has 0 unspecified atom stereocenters. The van der Waals surface area contributed by atoms with Crippen LogP contribution in [0.3, 0.4) is 0 Å². The van der Waals surface area contributed by atoms with Gasteiger partial charge in [0.2, 0.25) is 0 Å². The van der Waals surface area contributed by atoms with Gasteiger partial charge < -0.3 is 10.2 Å². The van der Waals surface area contributed by atoms with Gasteiger partial charge in [-0.25, -0.2) is 4.98 Å². The highest BCUT2D eigenvalue weighted by Gasteiger charge is 2.20. The maximum absolute atomic E-state index is 12.4. The Balaban J connectivity index is 1.72. The molecule has 1 N–H and O–H groups in total. The van der Waals surface area contributed by atoms with E-state index in [9.17, 15) is 4.79 Å². The summed E-state index contributed by atoms with van der Waals surface area (Å²) in [7, 11) is 0. The predicted octanol–water partition coefficient (Wildman–Crippen LogP) is 2.01. The SMILES string of the molecule is O=C(NCc1ccncc1)c1cccnc1N1CCCC1.